The molecule has 0 radical (unpaired) electrons. The van der Waals surface area contributed by atoms with Crippen LogP contribution in [0.1, 0.15) is 43.2 Å². The molecule has 1 fully saturated rings. The Kier molecular flexibility index (Phi) is 6.42. The van der Waals surface area contributed by atoms with Gasteiger partial charge in [-0.3, -0.25) is 4.79 Å². The highest BCUT2D eigenvalue weighted by atomic mass is 32.1. The zero-order chi connectivity index (χ0) is 14.2. The van der Waals surface area contributed by atoms with Crippen molar-refractivity contribution < 1.29 is 9.53 Å². The van der Waals surface area contributed by atoms with E-state index < -0.39 is 0 Å². The van der Waals surface area contributed by atoms with E-state index in [1.807, 2.05) is 10.3 Å². The van der Waals surface area contributed by atoms with Gasteiger partial charge in [0, 0.05) is 24.5 Å². The van der Waals surface area contributed by atoms with E-state index >= 15 is 0 Å². The third-order valence-electron chi connectivity index (χ3n) is 3.49. The second-order valence-corrected chi connectivity index (χ2v) is 5.95. The van der Waals surface area contributed by atoms with E-state index in [2.05, 4.69) is 4.98 Å². The van der Waals surface area contributed by atoms with Gasteiger partial charge in [0.15, 0.2) is 0 Å². The van der Waals surface area contributed by atoms with Crippen molar-refractivity contribution in [1.29, 1.82) is 0 Å². The van der Waals surface area contributed by atoms with Crippen molar-refractivity contribution in [3.63, 3.8) is 0 Å². The number of carbonyl (C=O) groups excluding carboxylic acids is 1. The minimum absolute atomic E-state index is 0.0510. The summed E-state index contributed by atoms with van der Waals surface area (Å²) >= 11 is 1.58. The van der Waals surface area contributed by atoms with E-state index in [1.54, 1.807) is 17.5 Å². The lowest BCUT2D eigenvalue weighted by molar-refractivity contribution is -0.139. The van der Waals surface area contributed by atoms with Crippen LogP contribution in [0, 0.1) is 0 Å². The third-order valence-corrected chi connectivity index (χ3v) is 4.36. The summed E-state index contributed by atoms with van der Waals surface area (Å²) in [5.41, 5.74) is 5.46. The van der Waals surface area contributed by atoms with Crippen LogP contribution in [0.2, 0.25) is 0 Å². The number of nitrogens with two attached hydrogens (primary N) is 1. The molecule has 1 unspecified atom stereocenters. The summed E-state index contributed by atoms with van der Waals surface area (Å²) in [6, 6.07) is 0. The quantitative estimate of drug-likeness (QED) is 0.781. The molecule has 5 nitrogen and oxygen atoms in total. The number of morpholine rings is 1. The van der Waals surface area contributed by atoms with Crippen LogP contribution >= 0.6 is 11.3 Å². The van der Waals surface area contributed by atoms with Crippen molar-refractivity contribution in [3.8, 4) is 0 Å². The highest BCUT2D eigenvalue weighted by Crippen LogP contribution is 2.24. The lowest BCUT2D eigenvalue weighted by atomic mass is 10.1. The summed E-state index contributed by atoms with van der Waals surface area (Å²) < 4.78 is 5.70. The lowest BCUT2D eigenvalue weighted by Crippen LogP contribution is -2.42. The molecule has 2 rings (SSSR count). The maximum absolute atomic E-state index is 12.2. The van der Waals surface area contributed by atoms with Gasteiger partial charge in [0.25, 0.3) is 0 Å². The molecule has 2 N–H and O–H groups in total. The number of hydrogen-bond donors (Lipinski definition) is 1. The summed E-state index contributed by atoms with van der Waals surface area (Å²) in [7, 11) is 0. The first kappa shape index (κ1) is 15.4. The van der Waals surface area contributed by atoms with Crippen LogP contribution in [0.4, 0.5) is 0 Å². The zero-order valence-electron chi connectivity index (χ0n) is 11.8. The van der Waals surface area contributed by atoms with Gasteiger partial charge in [-0.2, -0.15) is 0 Å². The molecular formula is C14H23N3O2S. The van der Waals surface area contributed by atoms with E-state index in [0.717, 1.165) is 37.2 Å². The molecule has 1 aliphatic rings. The van der Waals surface area contributed by atoms with Gasteiger partial charge in [-0.25, -0.2) is 4.98 Å². The molecule has 1 aromatic heterocycles. The standard InChI is InChI=1S/C14H23N3O2S/c15-6-4-2-1-3-5-13(18)17-8-9-19-12(11-17)14-16-7-10-20-14/h7,10,12H,1-6,8-9,11,15H2. The summed E-state index contributed by atoms with van der Waals surface area (Å²) in [6.07, 6.45) is 6.58. The number of nitrogens with zero attached hydrogens (tertiary/aromatic N) is 2. The van der Waals surface area contributed by atoms with Crippen molar-refractivity contribution >= 4 is 17.2 Å². The number of carbonyl (C=O) groups is 1. The Balaban J connectivity index is 1.73. The van der Waals surface area contributed by atoms with Crippen LogP contribution < -0.4 is 5.73 Å². The normalized spacial score (nSPS) is 19.2. The summed E-state index contributed by atoms with van der Waals surface area (Å²) in [6.45, 7) is 2.68. The molecular weight excluding hydrogens is 274 g/mol. The third kappa shape index (κ3) is 4.54. The molecule has 112 valence electrons. The average molecular weight is 297 g/mol. The van der Waals surface area contributed by atoms with Crippen LogP contribution in [0.25, 0.3) is 0 Å². The first-order valence-corrected chi connectivity index (χ1v) is 8.18. The number of hydrogen-bond acceptors (Lipinski definition) is 5. The Morgan fingerprint density at radius 3 is 3.05 bits per heavy atom. The number of unbranched alkanes of at least 4 members (excludes halogenated alkanes) is 3. The zero-order valence-corrected chi connectivity index (χ0v) is 12.6. The van der Waals surface area contributed by atoms with Gasteiger partial charge in [0.2, 0.25) is 5.91 Å². The van der Waals surface area contributed by atoms with E-state index in [-0.39, 0.29) is 12.0 Å². The molecule has 1 aromatic rings. The van der Waals surface area contributed by atoms with Crippen LogP contribution in [0.3, 0.4) is 0 Å². The Morgan fingerprint density at radius 1 is 1.45 bits per heavy atom. The molecule has 0 aliphatic carbocycles. The van der Waals surface area contributed by atoms with Crippen LogP contribution in [-0.4, -0.2) is 42.0 Å². The molecule has 1 atom stereocenters. The molecule has 0 bridgehead atoms. The molecule has 1 aliphatic heterocycles. The molecule has 1 saturated heterocycles. The molecule has 0 saturated carbocycles. The first-order valence-electron chi connectivity index (χ1n) is 7.30. The minimum Gasteiger partial charge on any atom is -0.367 e. The number of rotatable bonds is 7. The SMILES string of the molecule is NCCCCCCC(=O)N1CCOC(c2nccs2)C1. The molecule has 2 heterocycles. The molecule has 20 heavy (non-hydrogen) atoms. The molecule has 0 aromatic carbocycles. The van der Waals surface area contributed by atoms with E-state index in [9.17, 15) is 4.79 Å². The van der Waals surface area contributed by atoms with Gasteiger partial charge in [-0.05, 0) is 19.4 Å². The van der Waals surface area contributed by atoms with Gasteiger partial charge >= 0.3 is 0 Å². The number of aromatic nitrogens is 1. The number of amides is 1. The highest BCUT2D eigenvalue weighted by Gasteiger charge is 2.26. The fourth-order valence-electron chi connectivity index (χ4n) is 2.35. The Labute approximate surface area is 124 Å². The predicted octanol–water partition coefficient (Wildman–Crippen LogP) is 1.95. The van der Waals surface area contributed by atoms with Crippen molar-refractivity contribution in [2.75, 3.05) is 26.2 Å². The fraction of sp³-hybridized carbons (Fsp3) is 0.714. The van der Waals surface area contributed by atoms with Crippen molar-refractivity contribution in [2.45, 2.75) is 38.2 Å². The first-order chi connectivity index (χ1) is 9.81. The number of thiazole rings is 1. The fourth-order valence-corrected chi connectivity index (χ4v) is 3.03. The maximum Gasteiger partial charge on any atom is 0.222 e. The molecule has 6 heteroatoms. The van der Waals surface area contributed by atoms with Gasteiger partial charge in [-0.15, -0.1) is 11.3 Å². The lowest BCUT2D eigenvalue weighted by Gasteiger charge is -2.32. The van der Waals surface area contributed by atoms with Crippen molar-refractivity contribution in [1.82, 2.24) is 9.88 Å². The van der Waals surface area contributed by atoms with Crippen LogP contribution in [0.5, 0.6) is 0 Å². The van der Waals surface area contributed by atoms with Gasteiger partial charge < -0.3 is 15.4 Å². The van der Waals surface area contributed by atoms with E-state index in [4.69, 9.17) is 10.5 Å². The Morgan fingerprint density at radius 2 is 2.30 bits per heavy atom. The summed E-state index contributed by atoms with van der Waals surface area (Å²) in [4.78, 5) is 18.4. The summed E-state index contributed by atoms with van der Waals surface area (Å²) in [5.74, 6) is 0.239. The molecule has 1 amide bonds. The molecule has 0 spiro atoms. The average Bonchev–Trinajstić information content (AvgIpc) is 3.01. The second kappa shape index (κ2) is 8.34. The highest BCUT2D eigenvalue weighted by molar-refractivity contribution is 7.09. The largest absolute Gasteiger partial charge is 0.367 e. The topological polar surface area (TPSA) is 68.5 Å². The van der Waals surface area contributed by atoms with E-state index in [0.29, 0.717) is 26.1 Å². The van der Waals surface area contributed by atoms with Crippen LogP contribution in [0.15, 0.2) is 11.6 Å². The second-order valence-electron chi connectivity index (χ2n) is 5.02. The monoisotopic (exact) mass is 297 g/mol. The van der Waals surface area contributed by atoms with Crippen molar-refractivity contribution in [3.05, 3.63) is 16.6 Å². The van der Waals surface area contributed by atoms with Gasteiger partial charge in [0.05, 0.1) is 13.2 Å². The minimum atomic E-state index is -0.0510. The van der Waals surface area contributed by atoms with Crippen LogP contribution in [-0.2, 0) is 9.53 Å². The number of ether oxygens (including phenoxy) is 1. The maximum atomic E-state index is 12.2. The summed E-state index contributed by atoms with van der Waals surface area (Å²) in [5, 5.41) is 2.90. The Hall–Kier alpha value is -0.980. The predicted molar refractivity (Wildman–Crippen MR) is 79.5 cm³/mol. The van der Waals surface area contributed by atoms with Crippen molar-refractivity contribution in [2.24, 2.45) is 5.73 Å². The Bertz CT molecular complexity index is 397. The van der Waals surface area contributed by atoms with Gasteiger partial charge in [0.1, 0.15) is 11.1 Å². The van der Waals surface area contributed by atoms with Gasteiger partial charge in [-0.1, -0.05) is 12.8 Å². The van der Waals surface area contributed by atoms with E-state index in [1.165, 1.54) is 0 Å². The smallest absolute Gasteiger partial charge is 0.222 e.